The van der Waals surface area contributed by atoms with Crippen LogP contribution in [0.1, 0.15) is 63.0 Å². The summed E-state index contributed by atoms with van der Waals surface area (Å²) in [5.74, 6) is 2.92. The molecule has 1 aliphatic rings. The van der Waals surface area contributed by atoms with Gasteiger partial charge in [0.1, 0.15) is 11.6 Å². The number of aromatic nitrogens is 2. The van der Waals surface area contributed by atoms with Crippen molar-refractivity contribution in [2.24, 2.45) is 0 Å². The van der Waals surface area contributed by atoms with E-state index in [1.807, 2.05) is 0 Å². The standard InChI is InChI=1S/C13H21N3/c1-8(2)11-10-6-5-7-14-13(10)16-12(15-11)9(3)4/h8-9H,5-7H2,1-4H3,(H,14,15,16). The van der Waals surface area contributed by atoms with Gasteiger partial charge in [0.15, 0.2) is 0 Å². The minimum Gasteiger partial charge on any atom is -0.370 e. The Balaban J connectivity index is 2.52. The van der Waals surface area contributed by atoms with Crippen molar-refractivity contribution in [3.8, 4) is 0 Å². The normalized spacial score (nSPS) is 15.1. The Morgan fingerprint density at radius 3 is 2.44 bits per heavy atom. The molecule has 1 aliphatic heterocycles. The van der Waals surface area contributed by atoms with E-state index in [4.69, 9.17) is 4.98 Å². The number of hydrogen-bond acceptors (Lipinski definition) is 3. The van der Waals surface area contributed by atoms with Gasteiger partial charge in [0.2, 0.25) is 0 Å². The maximum Gasteiger partial charge on any atom is 0.133 e. The lowest BCUT2D eigenvalue weighted by molar-refractivity contribution is 0.692. The second-order valence-electron chi connectivity index (χ2n) is 5.13. The van der Waals surface area contributed by atoms with Crippen LogP contribution in [-0.2, 0) is 6.42 Å². The highest BCUT2D eigenvalue weighted by molar-refractivity contribution is 5.49. The molecule has 0 unspecified atom stereocenters. The van der Waals surface area contributed by atoms with Gasteiger partial charge in [0.25, 0.3) is 0 Å². The molecule has 0 atom stereocenters. The first kappa shape index (κ1) is 11.4. The summed E-state index contributed by atoms with van der Waals surface area (Å²) in [5, 5.41) is 3.40. The number of nitrogens with zero attached hydrogens (tertiary/aromatic N) is 2. The second-order valence-corrected chi connectivity index (χ2v) is 5.13. The fourth-order valence-electron chi connectivity index (χ4n) is 2.12. The zero-order valence-electron chi connectivity index (χ0n) is 10.7. The lowest BCUT2D eigenvalue weighted by atomic mass is 9.98. The third-order valence-corrected chi connectivity index (χ3v) is 3.02. The SMILES string of the molecule is CC(C)c1nc2c(c(C(C)C)n1)CCCN2. The van der Waals surface area contributed by atoms with Crippen molar-refractivity contribution in [1.29, 1.82) is 0 Å². The first-order chi connectivity index (χ1) is 7.59. The average Bonchev–Trinajstić information content (AvgIpc) is 2.27. The maximum atomic E-state index is 4.73. The van der Waals surface area contributed by atoms with Gasteiger partial charge >= 0.3 is 0 Å². The molecule has 3 heteroatoms. The van der Waals surface area contributed by atoms with E-state index in [1.165, 1.54) is 17.7 Å². The zero-order chi connectivity index (χ0) is 11.7. The molecule has 0 saturated carbocycles. The highest BCUT2D eigenvalue weighted by Gasteiger charge is 2.19. The van der Waals surface area contributed by atoms with Crippen molar-refractivity contribution in [3.05, 3.63) is 17.1 Å². The van der Waals surface area contributed by atoms with Gasteiger partial charge in [-0.2, -0.15) is 0 Å². The summed E-state index contributed by atoms with van der Waals surface area (Å²) >= 11 is 0. The first-order valence-corrected chi connectivity index (χ1v) is 6.24. The molecule has 0 saturated heterocycles. The number of nitrogens with one attached hydrogen (secondary N) is 1. The summed E-state index contributed by atoms with van der Waals surface area (Å²) in [6.45, 7) is 9.76. The minimum absolute atomic E-state index is 0.395. The Morgan fingerprint density at radius 1 is 1.06 bits per heavy atom. The van der Waals surface area contributed by atoms with Crippen LogP contribution in [-0.4, -0.2) is 16.5 Å². The smallest absolute Gasteiger partial charge is 0.133 e. The second kappa shape index (κ2) is 4.40. The van der Waals surface area contributed by atoms with Gasteiger partial charge in [-0.25, -0.2) is 9.97 Å². The zero-order valence-corrected chi connectivity index (χ0v) is 10.7. The summed E-state index contributed by atoms with van der Waals surface area (Å²) in [4.78, 5) is 9.37. The lowest BCUT2D eigenvalue weighted by Gasteiger charge is -2.22. The van der Waals surface area contributed by atoms with Crippen molar-refractivity contribution in [2.45, 2.75) is 52.4 Å². The Hall–Kier alpha value is -1.12. The summed E-state index contributed by atoms with van der Waals surface area (Å²) in [5.41, 5.74) is 2.58. The summed E-state index contributed by atoms with van der Waals surface area (Å²) in [7, 11) is 0. The Labute approximate surface area is 97.7 Å². The molecule has 2 heterocycles. The quantitative estimate of drug-likeness (QED) is 0.830. The largest absolute Gasteiger partial charge is 0.370 e. The number of hydrogen-bond donors (Lipinski definition) is 1. The van der Waals surface area contributed by atoms with Gasteiger partial charge in [-0.1, -0.05) is 27.7 Å². The van der Waals surface area contributed by atoms with Crippen molar-refractivity contribution < 1.29 is 0 Å². The number of fused-ring (bicyclic) bond motifs is 1. The molecule has 0 radical (unpaired) electrons. The van der Waals surface area contributed by atoms with Crippen molar-refractivity contribution in [3.63, 3.8) is 0 Å². The van der Waals surface area contributed by atoms with Crippen LogP contribution in [0.3, 0.4) is 0 Å². The van der Waals surface area contributed by atoms with E-state index >= 15 is 0 Å². The van der Waals surface area contributed by atoms with Gasteiger partial charge in [0.05, 0.1) is 5.69 Å². The molecule has 0 aliphatic carbocycles. The van der Waals surface area contributed by atoms with Crippen molar-refractivity contribution >= 4 is 5.82 Å². The molecule has 0 spiro atoms. The third kappa shape index (κ3) is 2.04. The van der Waals surface area contributed by atoms with E-state index in [1.54, 1.807) is 0 Å². The molecule has 1 aromatic rings. The highest BCUT2D eigenvalue weighted by Crippen LogP contribution is 2.28. The summed E-state index contributed by atoms with van der Waals surface area (Å²) in [6.07, 6.45) is 2.31. The summed E-state index contributed by atoms with van der Waals surface area (Å²) in [6, 6.07) is 0. The van der Waals surface area contributed by atoms with E-state index in [0.717, 1.165) is 24.6 Å². The first-order valence-electron chi connectivity index (χ1n) is 6.24. The number of rotatable bonds is 2. The molecule has 0 aromatic carbocycles. The van der Waals surface area contributed by atoms with E-state index in [2.05, 4.69) is 38.0 Å². The molecule has 1 aromatic heterocycles. The molecule has 0 amide bonds. The molecule has 16 heavy (non-hydrogen) atoms. The van der Waals surface area contributed by atoms with Gasteiger partial charge in [0, 0.05) is 18.0 Å². The van der Waals surface area contributed by atoms with Crippen LogP contribution in [0.4, 0.5) is 5.82 Å². The van der Waals surface area contributed by atoms with Crippen LogP contribution in [0.5, 0.6) is 0 Å². The Kier molecular flexibility index (Phi) is 3.13. The Morgan fingerprint density at radius 2 is 1.81 bits per heavy atom. The minimum atomic E-state index is 0.395. The van der Waals surface area contributed by atoms with Gasteiger partial charge in [-0.15, -0.1) is 0 Å². The van der Waals surface area contributed by atoms with Gasteiger partial charge < -0.3 is 5.32 Å². The van der Waals surface area contributed by atoms with E-state index < -0.39 is 0 Å². The van der Waals surface area contributed by atoms with Crippen molar-refractivity contribution in [2.75, 3.05) is 11.9 Å². The third-order valence-electron chi connectivity index (χ3n) is 3.02. The van der Waals surface area contributed by atoms with E-state index in [-0.39, 0.29) is 0 Å². The van der Waals surface area contributed by atoms with Crippen molar-refractivity contribution in [1.82, 2.24) is 9.97 Å². The molecule has 0 fully saturated rings. The topological polar surface area (TPSA) is 37.8 Å². The van der Waals surface area contributed by atoms with Gasteiger partial charge in [-0.05, 0) is 18.8 Å². The van der Waals surface area contributed by atoms with Crippen LogP contribution in [0.15, 0.2) is 0 Å². The van der Waals surface area contributed by atoms with E-state index in [0.29, 0.717) is 11.8 Å². The maximum absolute atomic E-state index is 4.73. The van der Waals surface area contributed by atoms with E-state index in [9.17, 15) is 0 Å². The lowest BCUT2D eigenvalue weighted by Crippen LogP contribution is -2.19. The predicted octanol–water partition coefficient (Wildman–Crippen LogP) is 3.08. The molecular formula is C13H21N3. The molecule has 1 N–H and O–H groups in total. The molecule has 88 valence electrons. The Bertz CT molecular complexity index is 383. The highest BCUT2D eigenvalue weighted by atomic mass is 15.0. The van der Waals surface area contributed by atoms with Crippen LogP contribution >= 0.6 is 0 Å². The predicted molar refractivity (Wildman–Crippen MR) is 67.0 cm³/mol. The molecule has 0 bridgehead atoms. The van der Waals surface area contributed by atoms with Crippen LogP contribution in [0.25, 0.3) is 0 Å². The fraction of sp³-hybridized carbons (Fsp3) is 0.692. The molecule has 3 nitrogen and oxygen atoms in total. The summed E-state index contributed by atoms with van der Waals surface area (Å²) < 4.78 is 0. The molecule has 2 rings (SSSR count). The monoisotopic (exact) mass is 219 g/mol. The fourth-order valence-corrected chi connectivity index (χ4v) is 2.12. The van der Waals surface area contributed by atoms with Gasteiger partial charge in [-0.3, -0.25) is 0 Å². The van der Waals surface area contributed by atoms with Crippen LogP contribution in [0, 0.1) is 0 Å². The number of anilines is 1. The average molecular weight is 219 g/mol. The van der Waals surface area contributed by atoms with Crippen LogP contribution in [0.2, 0.25) is 0 Å². The molecular weight excluding hydrogens is 198 g/mol. The van der Waals surface area contributed by atoms with Crippen LogP contribution < -0.4 is 5.32 Å².